The van der Waals surface area contributed by atoms with Crippen LogP contribution < -0.4 is 5.43 Å². The van der Waals surface area contributed by atoms with Gasteiger partial charge in [0, 0.05) is 24.2 Å². The smallest absolute Gasteiger partial charge is 0.267 e. The Balaban J connectivity index is 1.75. The number of halogens is 2. The van der Waals surface area contributed by atoms with Crippen molar-refractivity contribution in [2.75, 3.05) is 13.1 Å². The summed E-state index contributed by atoms with van der Waals surface area (Å²) in [6.45, 7) is 0.957. The zero-order valence-corrected chi connectivity index (χ0v) is 15.8. The Morgan fingerprint density at radius 1 is 1.19 bits per heavy atom. The molecular formula is C18H17ClFN3O3S. The summed E-state index contributed by atoms with van der Waals surface area (Å²) >= 11 is 5.88. The summed E-state index contributed by atoms with van der Waals surface area (Å²) in [6.07, 6.45) is 2.75. The predicted molar refractivity (Wildman–Crippen MR) is 101 cm³/mol. The molecule has 0 atom stereocenters. The van der Waals surface area contributed by atoms with E-state index in [0.29, 0.717) is 13.1 Å². The summed E-state index contributed by atoms with van der Waals surface area (Å²) < 4.78 is 40.3. The predicted octanol–water partition coefficient (Wildman–Crippen LogP) is 3.03. The first-order chi connectivity index (χ1) is 12.9. The lowest BCUT2D eigenvalue weighted by Crippen LogP contribution is -2.28. The zero-order valence-electron chi connectivity index (χ0n) is 14.2. The first-order valence-electron chi connectivity index (χ1n) is 8.27. The van der Waals surface area contributed by atoms with Gasteiger partial charge in [0.2, 0.25) is 10.0 Å². The zero-order chi connectivity index (χ0) is 19.4. The monoisotopic (exact) mass is 409 g/mol. The van der Waals surface area contributed by atoms with Crippen LogP contribution in [-0.2, 0) is 10.0 Å². The van der Waals surface area contributed by atoms with Crippen LogP contribution in [0.4, 0.5) is 4.39 Å². The van der Waals surface area contributed by atoms with Crippen LogP contribution >= 0.6 is 11.6 Å². The molecule has 0 aliphatic carbocycles. The number of amides is 1. The van der Waals surface area contributed by atoms with Crippen molar-refractivity contribution >= 4 is 33.7 Å². The first kappa shape index (κ1) is 19.5. The van der Waals surface area contributed by atoms with E-state index in [0.717, 1.165) is 19.1 Å². The lowest BCUT2D eigenvalue weighted by Gasteiger charge is -2.15. The number of nitrogens with one attached hydrogen (secondary N) is 1. The van der Waals surface area contributed by atoms with Gasteiger partial charge in [0.25, 0.3) is 5.91 Å². The number of nitrogens with zero attached hydrogens (tertiary/aromatic N) is 2. The summed E-state index contributed by atoms with van der Waals surface area (Å²) in [6, 6.07) is 9.91. The molecule has 6 nitrogen and oxygen atoms in total. The standard InChI is InChI=1S/C18H17ClFN3O3S/c19-16-7-4-8-17(20)15(16)12-21-22-18(24)13-5-3-6-14(11-13)27(25,26)23-9-1-2-10-23/h3-8,11-12H,1-2,9-10H2,(H,22,24)/b21-12+. The molecule has 142 valence electrons. The summed E-state index contributed by atoms with van der Waals surface area (Å²) in [5.74, 6) is -1.18. The SMILES string of the molecule is O=C(N/N=C/c1c(F)cccc1Cl)c1cccc(S(=O)(=O)N2CCCC2)c1. The number of rotatable bonds is 5. The summed E-state index contributed by atoms with van der Waals surface area (Å²) in [5, 5.41) is 3.86. The number of carbonyl (C=O) groups is 1. The fourth-order valence-corrected chi connectivity index (χ4v) is 4.50. The Kier molecular flexibility index (Phi) is 5.88. The maximum Gasteiger partial charge on any atom is 0.271 e. The van der Waals surface area contributed by atoms with E-state index >= 15 is 0 Å². The van der Waals surface area contributed by atoms with E-state index in [2.05, 4.69) is 10.5 Å². The fourth-order valence-electron chi connectivity index (χ4n) is 2.73. The van der Waals surface area contributed by atoms with Crippen molar-refractivity contribution in [2.24, 2.45) is 5.10 Å². The highest BCUT2D eigenvalue weighted by atomic mass is 35.5. The first-order valence-corrected chi connectivity index (χ1v) is 10.1. The molecule has 2 aromatic rings. The molecule has 1 fully saturated rings. The third-order valence-corrected chi connectivity index (χ3v) is 6.38. The molecule has 0 radical (unpaired) electrons. The molecule has 1 saturated heterocycles. The van der Waals surface area contributed by atoms with Crippen molar-refractivity contribution in [3.05, 3.63) is 64.4 Å². The minimum atomic E-state index is -3.62. The highest BCUT2D eigenvalue weighted by molar-refractivity contribution is 7.89. The van der Waals surface area contributed by atoms with Crippen LogP contribution in [0.2, 0.25) is 5.02 Å². The highest BCUT2D eigenvalue weighted by Crippen LogP contribution is 2.21. The lowest BCUT2D eigenvalue weighted by molar-refractivity contribution is 0.0955. The lowest BCUT2D eigenvalue weighted by atomic mass is 10.2. The van der Waals surface area contributed by atoms with Gasteiger partial charge >= 0.3 is 0 Å². The van der Waals surface area contributed by atoms with Gasteiger partial charge in [0.1, 0.15) is 5.82 Å². The second kappa shape index (κ2) is 8.16. The van der Waals surface area contributed by atoms with E-state index in [-0.39, 0.29) is 21.0 Å². The maximum atomic E-state index is 13.7. The topological polar surface area (TPSA) is 78.8 Å². The van der Waals surface area contributed by atoms with Gasteiger partial charge in [-0.1, -0.05) is 23.7 Å². The van der Waals surface area contributed by atoms with Crippen LogP contribution in [0.15, 0.2) is 52.5 Å². The number of sulfonamides is 1. The molecule has 2 aromatic carbocycles. The van der Waals surface area contributed by atoms with Crippen LogP contribution in [0, 0.1) is 5.82 Å². The maximum absolute atomic E-state index is 13.7. The molecule has 1 heterocycles. The largest absolute Gasteiger partial charge is 0.271 e. The minimum Gasteiger partial charge on any atom is -0.267 e. The van der Waals surface area contributed by atoms with Crippen LogP contribution in [-0.4, -0.2) is 37.9 Å². The Labute approximate surface area is 161 Å². The molecule has 1 aliphatic heterocycles. The molecule has 0 aromatic heterocycles. The molecule has 1 aliphatic rings. The molecule has 0 unspecified atom stereocenters. The average Bonchev–Trinajstić information content (AvgIpc) is 3.20. The van der Waals surface area contributed by atoms with Gasteiger partial charge in [-0.15, -0.1) is 0 Å². The molecule has 1 N–H and O–H groups in total. The van der Waals surface area contributed by atoms with Crippen molar-refractivity contribution in [3.8, 4) is 0 Å². The molecular weight excluding hydrogens is 393 g/mol. The number of benzene rings is 2. The Bertz CT molecular complexity index is 969. The van der Waals surface area contributed by atoms with E-state index in [1.807, 2.05) is 0 Å². The van der Waals surface area contributed by atoms with E-state index < -0.39 is 21.7 Å². The quantitative estimate of drug-likeness (QED) is 0.609. The molecule has 3 rings (SSSR count). The minimum absolute atomic E-state index is 0.0461. The number of hydrogen-bond acceptors (Lipinski definition) is 4. The van der Waals surface area contributed by atoms with Crippen LogP contribution in [0.1, 0.15) is 28.8 Å². The van der Waals surface area contributed by atoms with Crippen molar-refractivity contribution in [3.63, 3.8) is 0 Å². The molecule has 9 heteroatoms. The van der Waals surface area contributed by atoms with E-state index in [9.17, 15) is 17.6 Å². The summed E-state index contributed by atoms with van der Waals surface area (Å²) in [5.41, 5.74) is 2.42. The molecule has 0 bridgehead atoms. The highest BCUT2D eigenvalue weighted by Gasteiger charge is 2.27. The van der Waals surface area contributed by atoms with Crippen LogP contribution in [0.3, 0.4) is 0 Å². The third-order valence-electron chi connectivity index (χ3n) is 4.16. The van der Waals surface area contributed by atoms with Gasteiger partial charge in [0.05, 0.1) is 16.1 Å². The Hall–Kier alpha value is -2.29. The van der Waals surface area contributed by atoms with Gasteiger partial charge in [-0.05, 0) is 43.2 Å². The Morgan fingerprint density at radius 3 is 2.59 bits per heavy atom. The molecule has 27 heavy (non-hydrogen) atoms. The number of hydrazone groups is 1. The van der Waals surface area contributed by atoms with Crippen molar-refractivity contribution in [1.82, 2.24) is 9.73 Å². The molecule has 1 amide bonds. The second-order valence-corrected chi connectivity index (χ2v) is 8.32. The van der Waals surface area contributed by atoms with E-state index in [4.69, 9.17) is 11.6 Å². The van der Waals surface area contributed by atoms with E-state index in [1.165, 1.54) is 46.8 Å². The van der Waals surface area contributed by atoms with E-state index in [1.54, 1.807) is 0 Å². The van der Waals surface area contributed by atoms with Gasteiger partial charge in [-0.25, -0.2) is 18.2 Å². The fraction of sp³-hybridized carbons (Fsp3) is 0.222. The number of carbonyl (C=O) groups excluding carboxylic acids is 1. The summed E-state index contributed by atoms with van der Waals surface area (Å²) in [4.78, 5) is 12.3. The molecule has 0 saturated carbocycles. The van der Waals surface area contributed by atoms with Gasteiger partial charge in [0.15, 0.2) is 0 Å². The van der Waals surface area contributed by atoms with Crippen molar-refractivity contribution in [1.29, 1.82) is 0 Å². The van der Waals surface area contributed by atoms with Crippen LogP contribution in [0.25, 0.3) is 0 Å². The van der Waals surface area contributed by atoms with Gasteiger partial charge in [-0.3, -0.25) is 4.79 Å². The van der Waals surface area contributed by atoms with Gasteiger partial charge in [-0.2, -0.15) is 9.41 Å². The van der Waals surface area contributed by atoms with Crippen molar-refractivity contribution in [2.45, 2.75) is 17.7 Å². The second-order valence-electron chi connectivity index (χ2n) is 5.97. The number of hydrogen-bond donors (Lipinski definition) is 1. The molecule has 0 spiro atoms. The van der Waals surface area contributed by atoms with Crippen LogP contribution in [0.5, 0.6) is 0 Å². The average molecular weight is 410 g/mol. The Morgan fingerprint density at radius 2 is 1.89 bits per heavy atom. The van der Waals surface area contributed by atoms with Gasteiger partial charge < -0.3 is 0 Å². The van der Waals surface area contributed by atoms with Crippen molar-refractivity contribution < 1.29 is 17.6 Å². The summed E-state index contributed by atoms with van der Waals surface area (Å²) in [7, 11) is -3.62. The normalized spacial score (nSPS) is 15.3. The third kappa shape index (κ3) is 4.35.